The van der Waals surface area contributed by atoms with E-state index in [0.29, 0.717) is 6.07 Å². The number of halogens is 2. The van der Waals surface area contributed by atoms with Gasteiger partial charge in [-0.1, -0.05) is 0 Å². The molecule has 31 heavy (non-hydrogen) atoms. The largest absolute Gasteiger partial charge is 0.480 e. The second-order valence-corrected chi connectivity index (χ2v) is 8.76. The molecule has 10 nitrogen and oxygen atoms in total. The zero-order valence-corrected chi connectivity index (χ0v) is 17.4. The van der Waals surface area contributed by atoms with Crippen LogP contribution >= 0.6 is 11.3 Å². The van der Waals surface area contributed by atoms with E-state index in [1.54, 1.807) is 0 Å². The van der Waals surface area contributed by atoms with Crippen LogP contribution in [0.2, 0.25) is 0 Å². The molecule has 1 atom stereocenters. The zero-order chi connectivity index (χ0) is 23.2. The smallest absolute Gasteiger partial charge is 0.326 e. The quantitative estimate of drug-likeness (QED) is 0.170. The SMILES string of the molecule is N=C(N)NCCC[C@H](NC(=O)c1sccc1NS(=O)(=O)c1ccc(F)cc1F)C(=O)O. The molecule has 0 radical (unpaired) electrons. The van der Waals surface area contributed by atoms with Crippen LogP contribution in [0.5, 0.6) is 0 Å². The first-order chi connectivity index (χ1) is 14.5. The molecule has 0 bridgehead atoms. The first-order valence-electron chi connectivity index (χ1n) is 8.68. The van der Waals surface area contributed by atoms with E-state index in [1.807, 2.05) is 0 Å². The Hall–Kier alpha value is -3.26. The molecule has 0 saturated heterocycles. The monoisotopic (exact) mass is 475 g/mol. The number of carboxylic acid groups (broad SMARTS) is 1. The Kier molecular flexibility index (Phi) is 7.88. The van der Waals surface area contributed by atoms with Gasteiger partial charge in [0.2, 0.25) is 0 Å². The lowest BCUT2D eigenvalue weighted by Crippen LogP contribution is -2.41. The van der Waals surface area contributed by atoms with Crippen molar-refractivity contribution in [3.63, 3.8) is 0 Å². The summed E-state index contributed by atoms with van der Waals surface area (Å²) < 4.78 is 53.8. The number of amides is 1. The fourth-order valence-corrected chi connectivity index (χ4v) is 4.42. The number of hydrogen-bond donors (Lipinski definition) is 6. The number of sulfonamides is 1. The van der Waals surface area contributed by atoms with Gasteiger partial charge in [-0.15, -0.1) is 11.3 Å². The minimum Gasteiger partial charge on any atom is -0.480 e. The van der Waals surface area contributed by atoms with Gasteiger partial charge < -0.3 is 21.5 Å². The van der Waals surface area contributed by atoms with E-state index in [4.69, 9.17) is 11.1 Å². The summed E-state index contributed by atoms with van der Waals surface area (Å²) in [4.78, 5) is 23.0. The van der Waals surface area contributed by atoms with Crippen molar-refractivity contribution in [3.8, 4) is 0 Å². The van der Waals surface area contributed by atoms with Crippen molar-refractivity contribution in [1.82, 2.24) is 10.6 Å². The van der Waals surface area contributed by atoms with Crippen LogP contribution in [0.4, 0.5) is 14.5 Å². The number of rotatable bonds is 10. The van der Waals surface area contributed by atoms with Gasteiger partial charge in [0.05, 0.1) is 5.69 Å². The Bertz CT molecular complexity index is 1090. The van der Waals surface area contributed by atoms with Crippen LogP contribution in [0.1, 0.15) is 22.5 Å². The molecular weight excluding hydrogens is 456 g/mol. The van der Waals surface area contributed by atoms with Crippen LogP contribution < -0.4 is 21.1 Å². The third-order valence-electron chi connectivity index (χ3n) is 3.89. The van der Waals surface area contributed by atoms with Crippen LogP contribution in [-0.2, 0) is 14.8 Å². The Labute approximate surface area is 180 Å². The number of benzene rings is 1. The predicted octanol–water partition coefficient (Wildman–Crippen LogP) is 1.27. The average molecular weight is 475 g/mol. The van der Waals surface area contributed by atoms with Gasteiger partial charge in [-0.2, -0.15) is 0 Å². The fourth-order valence-electron chi connectivity index (χ4n) is 2.47. The number of aliphatic carboxylic acids is 1. The van der Waals surface area contributed by atoms with Gasteiger partial charge in [0.25, 0.3) is 15.9 Å². The van der Waals surface area contributed by atoms with E-state index in [1.165, 1.54) is 11.4 Å². The highest BCUT2D eigenvalue weighted by Gasteiger charge is 2.26. The molecule has 14 heteroatoms. The Morgan fingerprint density at radius 1 is 1.26 bits per heavy atom. The molecule has 2 aromatic rings. The molecule has 1 aromatic carbocycles. The molecule has 0 saturated carbocycles. The molecule has 1 amide bonds. The maximum absolute atomic E-state index is 13.9. The summed E-state index contributed by atoms with van der Waals surface area (Å²) in [6, 6.07) is 1.91. The highest BCUT2D eigenvalue weighted by molar-refractivity contribution is 7.92. The summed E-state index contributed by atoms with van der Waals surface area (Å²) in [7, 11) is -4.48. The van der Waals surface area contributed by atoms with Crippen molar-refractivity contribution in [2.45, 2.75) is 23.8 Å². The second-order valence-electron chi connectivity index (χ2n) is 6.19. The van der Waals surface area contributed by atoms with Crippen molar-refractivity contribution < 1.29 is 31.9 Å². The van der Waals surface area contributed by atoms with Crippen molar-refractivity contribution in [2.75, 3.05) is 11.3 Å². The van der Waals surface area contributed by atoms with E-state index in [9.17, 15) is 31.9 Å². The molecule has 2 rings (SSSR count). The van der Waals surface area contributed by atoms with Crippen molar-refractivity contribution in [3.05, 3.63) is 46.2 Å². The van der Waals surface area contributed by atoms with Gasteiger partial charge in [-0.3, -0.25) is 14.9 Å². The summed E-state index contributed by atoms with van der Waals surface area (Å²) in [6.07, 6.45) is 0.305. The number of anilines is 1. The predicted molar refractivity (Wildman–Crippen MR) is 110 cm³/mol. The molecular formula is C17H19F2N5O5S2. The van der Waals surface area contributed by atoms with Gasteiger partial charge in [-0.05, 0) is 36.4 Å². The molecule has 0 aliphatic heterocycles. The number of carbonyl (C=O) groups excluding carboxylic acids is 1. The van der Waals surface area contributed by atoms with Crippen LogP contribution in [0.25, 0.3) is 0 Å². The number of nitrogens with two attached hydrogens (primary N) is 1. The van der Waals surface area contributed by atoms with E-state index < -0.39 is 44.5 Å². The van der Waals surface area contributed by atoms with Crippen molar-refractivity contribution in [2.24, 2.45) is 5.73 Å². The molecule has 0 aliphatic rings. The normalized spacial score (nSPS) is 12.1. The standard InChI is InChI=1S/C17H19F2N5O5S2/c18-9-3-4-13(10(19)8-9)31(28,29)24-11-5-7-30-14(11)15(25)23-12(16(26)27)2-1-6-22-17(20)21/h3-5,7-8,12,24H,1-2,6H2,(H,23,25)(H,26,27)(H4,20,21,22)/t12-/m0/s1. The summed E-state index contributed by atoms with van der Waals surface area (Å²) in [5.74, 6) is -4.68. The van der Waals surface area contributed by atoms with Crippen LogP contribution in [0, 0.1) is 17.0 Å². The maximum Gasteiger partial charge on any atom is 0.326 e. The Morgan fingerprint density at radius 3 is 2.58 bits per heavy atom. The molecule has 0 fully saturated rings. The lowest BCUT2D eigenvalue weighted by atomic mass is 10.1. The number of thiophene rings is 1. The second kappa shape index (κ2) is 10.2. The highest BCUT2D eigenvalue weighted by Crippen LogP contribution is 2.26. The minimum atomic E-state index is -4.48. The number of nitrogens with one attached hydrogen (secondary N) is 4. The maximum atomic E-state index is 13.9. The van der Waals surface area contributed by atoms with Crippen LogP contribution in [0.3, 0.4) is 0 Å². The van der Waals surface area contributed by atoms with E-state index in [0.717, 1.165) is 23.5 Å². The number of hydrogen-bond acceptors (Lipinski definition) is 6. The number of guanidine groups is 1. The molecule has 1 heterocycles. The van der Waals surface area contributed by atoms with Gasteiger partial charge in [-0.25, -0.2) is 22.0 Å². The fraction of sp³-hybridized carbons (Fsp3) is 0.235. The number of carbonyl (C=O) groups is 2. The van der Waals surface area contributed by atoms with Gasteiger partial charge >= 0.3 is 5.97 Å². The van der Waals surface area contributed by atoms with Crippen molar-refractivity contribution in [1.29, 1.82) is 5.41 Å². The molecule has 168 valence electrons. The third kappa shape index (κ3) is 6.62. The van der Waals surface area contributed by atoms with Crippen LogP contribution in [0.15, 0.2) is 34.5 Å². The summed E-state index contributed by atoms with van der Waals surface area (Å²) in [5.41, 5.74) is 4.94. The molecule has 0 unspecified atom stereocenters. The van der Waals surface area contributed by atoms with Crippen LogP contribution in [-0.4, -0.2) is 43.9 Å². The van der Waals surface area contributed by atoms with Gasteiger partial charge in [0.1, 0.15) is 27.4 Å². The van der Waals surface area contributed by atoms with E-state index in [-0.39, 0.29) is 35.9 Å². The Balaban J connectivity index is 2.13. The summed E-state index contributed by atoms with van der Waals surface area (Å²) in [6.45, 7) is 0.224. The summed E-state index contributed by atoms with van der Waals surface area (Å²) >= 11 is 0.843. The average Bonchev–Trinajstić information content (AvgIpc) is 3.10. The Morgan fingerprint density at radius 2 is 1.97 bits per heavy atom. The van der Waals surface area contributed by atoms with Gasteiger partial charge in [0.15, 0.2) is 5.96 Å². The summed E-state index contributed by atoms with van der Waals surface area (Å²) in [5, 5.41) is 22.5. The zero-order valence-electron chi connectivity index (χ0n) is 15.8. The van der Waals surface area contributed by atoms with Gasteiger partial charge in [0, 0.05) is 12.6 Å². The molecule has 0 spiro atoms. The topological polar surface area (TPSA) is 174 Å². The lowest BCUT2D eigenvalue weighted by Gasteiger charge is -2.15. The first-order valence-corrected chi connectivity index (χ1v) is 11.0. The van der Waals surface area contributed by atoms with Crippen molar-refractivity contribution >= 4 is 44.9 Å². The first kappa shape index (κ1) is 24.0. The third-order valence-corrected chi connectivity index (χ3v) is 6.20. The lowest BCUT2D eigenvalue weighted by molar-refractivity contribution is -0.139. The minimum absolute atomic E-state index is 0.0224. The highest BCUT2D eigenvalue weighted by atomic mass is 32.2. The van der Waals surface area contributed by atoms with E-state index >= 15 is 0 Å². The molecule has 1 aromatic heterocycles. The molecule has 0 aliphatic carbocycles. The van der Waals surface area contributed by atoms with E-state index in [2.05, 4.69) is 15.4 Å². The molecule has 7 N–H and O–H groups in total. The number of carboxylic acids is 1.